The summed E-state index contributed by atoms with van der Waals surface area (Å²) < 4.78 is 0. The maximum Gasteiger partial charge on any atom is 0.0512 e. The van der Waals surface area contributed by atoms with Gasteiger partial charge >= 0.3 is 0 Å². The minimum Gasteiger partial charge on any atom is -0.372 e. The van der Waals surface area contributed by atoms with Crippen LogP contribution in [0.4, 0.5) is 5.69 Å². The molecule has 2 aromatic carbocycles. The van der Waals surface area contributed by atoms with E-state index in [1.54, 1.807) is 0 Å². The quantitative estimate of drug-likeness (QED) is 0.214. The van der Waals surface area contributed by atoms with Gasteiger partial charge in [-0.1, -0.05) is 116 Å². The lowest BCUT2D eigenvalue weighted by Gasteiger charge is -2.24. The molecule has 1 unspecified atom stereocenters. The molecular formula is C34H54ClN. The molecule has 1 atom stereocenters. The van der Waals surface area contributed by atoms with Gasteiger partial charge in [-0.25, -0.2) is 0 Å². The van der Waals surface area contributed by atoms with Crippen LogP contribution in [0.3, 0.4) is 0 Å². The standard InChI is InChI=1S/C28H36ClN.3C2H6/c1-7-18-30(19-8-2)26-16-14-25(15-17-26)24(9-3)20-22(5)23(6)28(29)27-13-11-10-12-21(27)4;3*1-2/h9-17,24H,3,5,7-8,18-20H2,1-2,4,6H3;3*1-2H3/b28-23-;;;. The van der Waals surface area contributed by atoms with Crippen molar-refractivity contribution in [1.82, 2.24) is 0 Å². The molecule has 0 saturated heterocycles. The number of allylic oxidation sites excluding steroid dienone is 3. The molecule has 0 N–H and O–H groups in total. The smallest absolute Gasteiger partial charge is 0.0512 e. The molecule has 2 aromatic rings. The number of rotatable bonds is 11. The topological polar surface area (TPSA) is 3.24 Å². The van der Waals surface area contributed by atoms with E-state index >= 15 is 0 Å². The SMILES string of the molecule is C=CC(CC(=C)/C(C)=C(\Cl)c1ccccc1C)c1ccc(N(CCC)CCC)cc1.CC.CC.CC. The van der Waals surface area contributed by atoms with E-state index in [-0.39, 0.29) is 5.92 Å². The fraction of sp³-hybridized carbons (Fsp3) is 0.471. The Bertz CT molecular complexity index is 870. The molecule has 0 heterocycles. The molecule has 0 spiro atoms. The molecule has 2 heteroatoms. The molecule has 0 amide bonds. The van der Waals surface area contributed by atoms with Gasteiger partial charge < -0.3 is 4.90 Å². The van der Waals surface area contributed by atoms with Crippen LogP contribution in [0.1, 0.15) is 104 Å². The molecule has 2 rings (SSSR count). The summed E-state index contributed by atoms with van der Waals surface area (Å²) in [4.78, 5) is 2.46. The average molecular weight is 512 g/mol. The molecular weight excluding hydrogens is 458 g/mol. The molecule has 202 valence electrons. The van der Waals surface area contributed by atoms with Gasteiger partial charge in [0.05, 0.1) is 5.03 Å². The van der Waals surface area contributed by atoms with Crippen LogP contribution in [0.2, 0.25) is 0 Å². The van der Waals surface area contributed by atoms with E-state index in [4.69, 9.17) is 11.6 Å². The zero-order valence-corrected chi connectivity index (χ0v) is 25.8. The van der Waals surface area contributed by atoms with Crippen LogP contribution >= 0.6 is 11.6 Å². The molecule has 36 heavy (non-hydrogen) atoms. The van der Waals surface area contributed by atoms with E-state index in [0.29, 0.717) is 0 Å². The van der Waals surface area contributed by atoms with Gasteiger partial charge in [-0.2, -0.15) is 0 Å². The number of anilines is 1. The predicted octanol–water partition coefficient (Wildman–Crippen LogP) is 11.6. The predicted molar refractivity (Wildman–Crippen MR) is 170 cm³/mol. The molecule has 0 fully saturated rings. The lowest BCUT2D eigenvalue weighted by Crippen LogP contribution is -2.24. The molecule has 0 radical (unpaired) electrons. The van der Waals surface area contributed by atoms with Crippen molar-refractivity contribution in [3.63, 3.8) is 0 Å². The van der Waals surface area contributed by atoms with Crippen LogP contribution in [0.15, 0.2) is 78.9 Å². The third-order valence-electron chi connectivity index (χ3n) is 5.67. The van der Waals surface area contributed by atoms with Crippen molar-refractivity contribution in [2.24, 2.45) is 0 Å². The van der Waals surface area contributed by atoms with Crippen molar-refractivity contribution in [2.45, 2.75) is 94.4 Å². The second-order valence-electron chi connectivity index (χ2n) is 7.98. The average Bonchev–Trinajstić information content (AvgIpc) is 2.94. The second-order valence-corrected chi connectivity index (χ2v) is 8.36. The van der Waals surface area contributed by atoms with Crippen molar-refractivity contribution in [3.05, 3.63) is 95.6 Å². The maximum absolute atomic E-state index is 6.73. The van der Waals surface area contributed by atoms with Crippen molar-refractivity contribution < 1.29 is 0 Å². The summed E-state index contributed by atoms with van der Waals surface area (Å²) in [6, 6.07) is 17.1. The van der Waals surface area contributed by atoms with E-state index in [1.807, 2.05) is 59.8 Å². The number of benzene rings is 2. The fourth-order valence-corrected chi connectivity index (χ4v) is 4.12. The van der Waals surface area contributed by atoms with Crippen LogP contribution in [0.5, 0.6) is 0 Å². The van der Waals surface area contributed by atoms with E-state index < -0.39 is 0 Å². The highest BCUT2D eigenvalue weighted by atomic mass is 35.5. The first-order chi connectivity index (χ1) is 17.4. The summed E-state index contributed by atoms with van der Waals surface area (Å²) in [5.41, 5.74) is 6.91. The van der Waals surface area contributed by atoms with Gasteiger partial charge in [-0.15, -0.1) is 6.58 Å². The highest BCUT2D eigenvalue weighted by Gasteiger charge is 2.14. The number of halogens is 1. The van der Waals surface area contributed by atoms with Crippen molar-refractivity contribution in [2.75, 3.05) is 18.0 Å². The van der Waals surface area contributed by atoms with E-state index in [0.717, 1.165) is 54.1 Å². The third-order valence-corrected chi connectivity index (χ3v) is 6.15. The second kappa shape index (κ2) is 22.0. The number of hydrogen-bond donors (Lipinski definition) is 0. The van der Waals surface area contributed by atoms with Crippen molar-refractivity contribution in [1.29, 1.82) is 0 Å². The largest absolute Gasteiger partial charge is 0.372 e. The van der Waals surface area contributed by atoms with Gasteiger partial charge in [-0.3, -0.25) is 0 Å². The normalized spacial score (nSPS) is 11.2. The summed E-state index contributed by atoms with van der Waals surface area (Å²) in [6.07, 6.45) is 5.14. The molecule has 0 aromatic heterocycles. The summed E-state index contributed by atoms with van der Waals surface area (Å²) in [7, 11) is 0. The van der Waals surface area contributed by atoms with E-state index in [1.165, 1.54) is 16.8 Å². The van der Waals surface area contributed by atoms with Gasteiger partial charge in [-0.05, 0) is 73.1 Å². The van der Waals surface area contributed by atoms with Crippen molar-refractivity contribution in [3.8, 4) is 0 Å². The summed E-state index contributed by atoms with van der Waals surface area (Å²) in [5, 5.41) is 0.783. The third kappa shape index (κ3) is 11.7. The summed E-state index contributed by atoms with van der Waals surface area (Å²) in [5.74, 6) is 0.216. The summed E-state index contributed by atoms with van der Waals surface area (Å²) in [6.45, 7) is 31.2. The van der Waals surface area contributed by atoms with E-state index in [2.05, 4.69) is 82.2 Å². The van der Waals surface area contributed by atoms with Crippen molar-refractivity contribution >= 4 is 22.3 Å². The molecule has 0 bridgehead atoms. The Kier molecular flexibility index (Phi) is 21.9. The maximum atomic E-state index is 6.73. The summed E-state index contributed by atoms with van der Waals surface area (Å²) >= 11 is 6.73. The first-order valence-corrected chi connectivity index (χ1v) is 14.4. The zero-order chi connectivity index (χ0) is 28.1. The Morgan fingerprint density at radius 3 is 1.83 bits per heavy atom. The first-order valence-electron chi connectivity index (χ1n) is 14.0. The fourth-order valence-electron chi connectivity index (χ4n) is 3.77. The molecule has 0 aliphatic carbocycles. The number of nitrogens with zero attached hydrogens (tertiary/aromatic N) is 1. The molecule has 0 aliphatic rings. The monoisotopic (exact) mass is 511 g/mol. The Morgan fingerprint density at radius 1 is 0.889 bits per heavy atom. The lowest BCUT2D eigenvalue weighted by molar-refractivity contribution is 0.744. The Labute approximate surface area is 230 Å². The highest BCUT2D eigenvalue weighted by Crippen LogP contribution is 2.34. The van der Waals surface area contributed by atoms with Crippen LogP contribution in [-0.2, 0) is 0 Å². The molecule has 0 saturated carbocycles. The van der Waals surface area contributed by atoms with Crippen LogP contribution < -0.4 is 4.90 Å². The minimum atomic E-state index is 0.216. The molecule has 0 aliphatic heterocycles. The zero-order valence-electron chi connectivity index (χ0n) is 25.0. The van der Waals surface area contributed by atoms with Crippen LogP contribution in [0.25, 0.3) is 5.03 Å². The highest BCUT2D eigenvalue weighted by molar-refractivity contribution is 6.49. The molecule has 1 nitrogen and oxygen atoms in total. The van der Waals surface area contributed by atoms with Gasteiger partial charge in [0.15, 0.2) is 0 Å². The van der Waals surface area contributed by atoms with Gasteiger partial charge in [0, 0.05) is 24.7 Å². The van der Waals surface area contributed by atoms with Gasteiger partial charge in [0.2, 0.25) is 0 Å². The Hall–Kier alpha value is -2.25. The minimum absolute atomic E-state index is 0.216. The Balaban J connectivity index is 0. The number of aryl methyl sites for hydroxylation is 1. The number of hydrogen-bond acceptors (Lipinski definition) is 1. The van der Waals surface area contributed by atoms with Gasteiger partial charge in [0.25, 0.3) is 0 Å². The van der Waals surface area contributed by atoms with Crippen LogP contribution in [0, 0.1) is 6.92 Å². The Morgan fingerprint density at radius 2 is 1.39 bits per heavy atom. The van der Waals surface area contributed by atoms with Crippen LogP contribution in [-0.4, -0.2) is 13.1 Å². The lowest BCUT2D eigenvalue weighted by atomic mass is 9.89. The first kappa shape index (κ1) is 35.9. The van der Waals surface area contributed by atoms with Gasteiger partial charge in [0.1, 0.15) is 0 Å². The van der Waals surface area contributed by atoms with E-state index in [9.17, 15) is 0 Å².